The van der Waals surface area contributed by atoms with Crippen molar-refractivity contribution in [1.82, 2.24) is 4.98 Å². The molecule has 0 radical (unpaired) electrons. The molecule has 36 heavy (non-hydrogen) atoms. The van der Waals surface area contributed by atoms with Crippen LogP contribution in [0.2, 0.25) is 0 Å². The fraction of sp³-hybridized carbons (Fsp3) is 0.806. The van der Waals surface area contributed by atoms with E-state index >= 15 is 0 Å². The molecule has 3 N–H and O–H groups in total. The first kappa shape index (κ1) is 24.9. The van der Waals surface area contributed by atoms with Gasteiger partial charge in [-0.3, -0.25) is 4.79 Å². The van der Waals surface area contributed by atoms with Gasteiger partial charge in [0.25, 0.3) is 0 Å². The first-order valence-electron chi connectivity index (χ1n) is 14.4. The van der Waals surface area contributed by atoms with Crippen molar-refractivity contribution in [3.8, 4) is 0 Å². The number of carboxylic acids is 1. The second kappa shape index (κ2) is 7.39. The summed E-state index contributed by atoms with van der Waals surface area (Å²) in [6.07, 6.45) is 9.64. The summed E-state index contributed by atoms with van der Waals surface area (Å²) in [5.74, 6) is 1.78. The van der Waals surface area contributed by atoms with Gasteiger partial charge in [0, 0.05) is 10.3 Å². The van der Waals surface area contributed by atoms with Gasteiger partial charge < -0.3 is 10.8 Å². The lowest BCUT2D eigenvalue weighted by Gasteiger charge is -2.72. The van der Waals surface area contributed by atoms with Gasteiger partial charge in [0.05, 0.1) is 11.1 Å². The predicted molar refractivity (Wildman–Crippen MR) is 147 cm³/mol. The van der Waals surface area contributed by atoms with Crippen LogP contribution >= 0.6 is 11.3 Å². The number of anilines is 1. The van der Waals surface area contributed by atoms with Gasteiger partial charge in [-0.2, -0.15) is 0 Å². The van der Waals surface area contributed by atoms with E-state index in [1.807, 2.05) is 0 Å². The number of nitrogen functional groups attached to an aromatic ring is 1. The van der Waals surface area contributed by atoms with Gasteiger partial charge in [-0.25, -0.2) is 4.98 Å². The van der Waals surface area contributed by atoms with Crippen molar-refractivity contribution >= 4 is 22.4 Å². The summed E-state index contributed by atoms with van der Waals surface area (Å²) >= 11 is 1.72. The Morgan fingerprint density at radius 3 is 2.39 bits per heavy atom. The second-order valence-corrected chi connectivity index (χ2v) is 15.9. The Hall–Kier alpha value is -1.36. The maximum absolute atomic E-state index is 12.9. The number of allylic oxidation sites excluding steroid dienone is 1. The van der Waals surface area contributed by atoms with E-state index < -0.39 is 11.4 Å². The molecule has 1 aromatic heterocycles. The molecule has 5 heteroatoms. The highest BCUT2D eigenvalue weighted by atomic mass is 32.1. The molecule has 0 amide bonds. The molecular formula is C31H46N2O2S. The van der Waals surface area contributed by atoms with Crippen molar-refractivity contribution in [3.05, 3.63) is 22.7 Å². The Bertz CT molecular complexity index is 1140. The number of nitrogens with two attached hydrogens (primary N) is 1. The molecular weight excluding hydrogens is 464 g/mol. The van der Waals surface area contributed by atoms with Crippen molar-refractivity contribution in [1.29, 1.82) is 0 Å². The number of rotatable bonds is 2. The zero-order valence-corrected chi connectivity index (χ0v) is 24.1. The maximum atomic E-state index is 12.9. The standard InChI is InChI=1S/C31H46N2O2S/c1-17(2)18-10-13-31(25(34)35)15-14-29(6)19(23(18)31)8-9-22-28(5)16-20-24(36-26(32)33-20)27(3,4)21(28)11-12-30(22,29)7/h18-19,21-23H,1,8-16H2,2-7H3,(H2,32,33)(H,34,35)/t18-,19+,21-,22+,23+,28-,29+,30+,31-/m0/s1. The minimum atomic E-state index is -0.544. The van der Waals surface area contributed by atoms with Gasteiger partial charge in [-0.15, -0.1) is 11.3 Å². The fourth-order valence-electron chi connectivity index (χ4n) is 11.8. The average Bonchev–Trinajstić information content (AvgIpc) is 3.35. The van der Waals surface area contributed by atoms with E-state index in [4.69, 9.17) is 10.7 Å². The van der Waals surface area contributed by atoms with Gasteiger partial charge in [-0.1, -0.05) is 46.8 Å². The van der Waals surface area contributed by atoms with Crippen LogP contribution in [0, 0.1) is 51.2 Å². The van der Waals surface area contributed by atoms with E-state index in [-0.39, 0.29) is 27.6 Å². The third-order valence-electron chi connectivity index (χ3n) is 13.5. The van der Waals surface area contributed by atoms with Crippen LogP contribution in [0.25, 0.3) is 0 Å². The summed E-state index contributed by atoms with van der Waals surface area (Å²) in [5, 5.41) is 11.3. The highest BCUT2D eigenvalue weighted by molar-refractivity contribution is 7.15. The lowest BCUT2D eigenvalue weighted by atomic mass is 9.32. The number of carbonyl (C=O) groups is 1. The number of hydrogen-bond acceptors (Lipinski definition) is 4. The summed E-state index contributed by atoms with van der Waals surface area (Å²) in [5.41, 5.74) is 8.84. The number of nitrogens with zero attached hydrogens (tertiary/aromatic N) is 1. The number of fused-ring (bicyclic) bond motifs is 8. The molecule has 4 saturated carbocycles. The van der Waals surface area contributed by atoms with E-state index in [2.05, 4.69) is 48.1 Å². The topological polar surface area (TPSA) is 76.2 Å². The van der Waals surface area contributed by atoms with Crippen LogP contribution in [0.3, 0.4) is 0 Å². The van der Waals surface area contributed by atoms with Crippen molar-refractivity contribution < 1.29 is 9.90 Å². The minimum Gasteiger partial charge on any atom is -0.481 e. The van der Waals surface area contributed by atoms with E-state index in [0.29, 0.717) is 23.7 Å². The average molecular weight is 511 g/mol. The van der Waals surface area contributed by atoms with Crippen LogP contribution in [-0.2, 0) is 16.6 Å². The van der Waals surface area contributed by atoms with E-state index in [0.717, 1.165) is 43.7 Å². The normalized spacial score (nSPS) is 48.7. The number of hydrogen-bond donors (Lipinski definition) is 2. The fourth-order valence-corrected chi connectivity index (χ4v) is 12.8. The molecule has 0 aliphatic heterocycles. The summed E-state index contributed by atoms with van der Waals surface area (Å²) < 4.78 is 0. The number of thiazole rings is 1. The van der Waals surface area contributed by atoms with Crippen molar-refractivity contribution in [2.75, 3.05) is 5.73 Å². The van der Waals surface area contributed by atoms with Crippen LogP contribution < -0.4 is 5.73 Å². The van der Waals surface area contributed by atoms with Gasteiger partial charge in [0.1, 0.15) is 0 Å². The Labute approximate surface area is 221 Å². The number of aliphatic carboxylic acids is 1. The highest BCUT2D eigenvalue weighted by Gasteiger charge is 2.72. The van der Waals surface area contributed by atoms with Gasteiger partial charge in [0.15, 0.2) is 5.13 Å². The first-order valence-corrected chi connectivity index (χ1v) is 15.2. The van der Waals surface area contributed by atoms with E-state index in [1.165, 1.54) is 35.4 Å². The predicted octanol–water partition coefficient (Wildman–Crippen LogP) is 7.48. The summed E-state index contributed by atoms with van der Waals surface area (Å²) in [6, 6.07) is 0. The molecule has 0 bridgehead atoms. The maximum Gasteiger partial charge on any atom is 0.309 e. The van der Waals surface area contributed by atoms with Gasteiger partial charge in [0.2, 0.25) is 0 Å². The zero-order valence-electron chi connectivity index (χ0n) is 23.2. The molecule has 0 saturated heterocycles. The molecule has 198 valence electrons. The Kier molecular flexibility index (Phi) is 5.12. The van der Waals surface area contributed by atoms with Crippen molar-refractivity contribution in [2.24, 2.45) is 51.2 Å². The quantitative estimate of drug-likeness (QED) is 0.404. The summed E-state index contributed by atoms with van der Waals surface area (Å²) in [7, 11) is 0. The summed E-state index contributed by atoms with van der Waals surface area (Å²) in [4.78, 5) is 19.1. The molecule has 1 heterocycles. The Morgan fingerprint density at radius 2 is 1.72 bits per heavy atom. The minimum absolute atomic E-state index is 0.0955. The number of aromatic nitrogens is 1. The molecule has 0 aromatic carbocycles. The highest BCUT2D eigenvalue weighted by Crippen LogP contribution is 2.77. The molecule has 9 atom stereocenters. The SMILES string of the molecule is C=C(C)[C@@H]1CC[C@]2(C(=O)O)CC[C@]3(C)[C@H](CC[C@@H]4[C@@]5(C)Cc6nc(N)sc6C(C)(C)[C@@H]5CC[C@]43C)[C@@H]12. The molecule has 0 spiro atoms. The first-order chi connectivity index (χ1) is 16.7. The smallest absolute Gasteiger partial charge is 0.309 e. The largest absolute Gasteiger partial charge is 0.481 e. The molecule has 1 aromatic rings. The molecule has 5 aliphatic rings. The number of carboxylic acid groups (broad SMARTS) is 1. The molecule has 6 rings (SSSR count). The van der Waals surface area contributed by atoms with Crippen LogP contribution in [0.1, 0.15) is 103 Å². The monoisotopic (exact) mass is 510 g/mol. The van der Waals surface area contributed by atoms with Crippen molar-refractivity contribution in [3.63, 3.8) is 0 Å². The Balaban J connectivity index is 1.44. The van der Waals surface area contributed by atoms with Gasteiger partial charge in [-0.05, 0) is 111 Å². The molecule has 4 fully saturated rings. The second-order valence-electron chi connectivity index (χ2n) is 14.9. The summed E-state index contributed by atoms with van der Waals surface area (Å²) in [6.45, 7) is 19.2. The molecule has 5 aliphatic carbocycles. The third kappa shape index (κ3) is 2.77. The van der Waals surface area contributed by atoms with E-state index in [9.17, 15) is 9.90 Å². The molecule has 4 nitrogen and oxygen atoms in total. The van der Waals surface area contributed by atoms with Gasteiger partial charge >= 0.3 is 5.97 Å². The third-order valence-corrected chi connectivity index (χ3v) is 14.7. The van der Waals surface area contributed by atoms with Crippen molar-refractivity contribution in [2.45, 2.75) is 105 Å². The molecule has 0 unspecified atom stereocenters. The Morgan fingerprint density at radius 1 is 1.00 bits per heavy atom. The lowest BCUT2D eigenvalue weighted by Crippen LogP contribution is -2.66. The zero-order chi connectivity index (χ0) is 26.1. The van der Waals surface area contributed by atoms with Crippen LogP contribution in [0.4, 0.5) is 5.13 Å². The van der Waals surface area contributed by atoms with Crippen LogP contribution in [-0.4, -0.2) is 16.1 Å². The van der Waals surface area contributed by atoms with E-state index in [1.54, 1.807) is 11.3 Å². The van der Waals surface area contributed by atoms with Crippen LogP contribution in [0.5, 0.6) is 0 Å². The van der Waals surface area contributed by atoms with Crippen LogP contribution in [0.15, 0.2) is 12.2 Å². The lowest BCUT2D eigenvalue weighted by molar-refractivity contribution is -0.227.